The first-order valence-electron chi connectivity index (χ1n) is 15.3. The first-order valence-corrected chi connectivity index (χ1v) is 15.3. The highest BCUT2D eigenvalue weighted by Crippen LogP contribution is 2.46. The number of fused-ring (bicyclic) bond motifs is 1. The molecule has 0 radical (unpaired) electrons. The summed E-state index contributed by atoms with van der Waals surface area (Å²) in [6.07, 6.45) is -1.01. The van der Waals surface area contributed by atoms with E-state index in [9.17, 15) is 9.18 Å². The van der Waals surface area contributed by atoms with E-state index in [1.165, 1.54) is 24.8 Å². The Kier molecular flexibility index (Phi) is 8.68. The van der Waals surface area contributed by atoms with E-state index in [1.807, 2.05) is 39.0 Å². The van der Waals surface area contributed by atoms with Crippen LogP contribution in [0.1, 0.15) is 83.0 Å². The topological polar surface area (TPSA) is 51.7 Å². The first-order chi connectivity index (χ1) is 20.8. The molecular formula is C38H43FN2O3. The molecule has 0 amide bonds. The van der Waals surface area contributed by atoms with Gasteiger partial charge in [0, 0.05) is 35.3 Å². The molecule has 1 aliphatic rings. The van der Waals surface area contributed by atoms with Gasteiger partial charge >= 0.3 is 5.97 Å². The number of hydrogen-bond acceptors (Lipinski definition) is 5. The van der Waals surface area contributed by atoms with Crippen molar-refractivity contribution < 1.29 is 18.7 Å². The lowest BCUT2D eigenvalue weighted by molar-refractivity contribution is -0.164. The summed E-state index contributed by atoms with van der Waals surface area (Å²) in [6, 6.07) is 25.5. The Labute approximate surface area is 261 Å². The van der Waals surface area contributed by atoms with E-state index in [-0.39, 0.29) is 17.2 Å². The molecule has 0 fully saturated rings. The van der Waals surface area contributed by atoms with Crippen molar-refractivity contribution in [3.05, 3.63) is 107 Å². The lowest BCUT2D eigenvalue weighted by atomic mass is 9.76. The minimum absolute atomic E-state index is 0.00965. The Bertz CT molecular complexity index is 1620. The van der Waals surface area contributed by atoms with Gasteiger partial charge in [0.05, 0.1) is 24.1 Å². The quantitative estimate of drug-likeness (QED) is 0.200. The van der Waals surface area contributed by atoms with Crippen molar-refractivity contribution in [1.82, 2.24) is 4.98 Å². The Morgan fingerprint density at radius 2 is 1.50 bits per heavy atom. The summed E-state index contributed by atoms with van der Waals surface area (Å²) in [4.78, 5) is 21.2. The van der Waals surface area contributed by atoms with Crippen LogP contribution in [-0.4, -0.2) is 30.2 Å². The third-order valence-corrected chi connectivity index (χ3v) is 8.11. The Morgan fingerprint density at radius 1 is 0.909 bits per heavy atom. The number of methoxy groups -OCH3 is 1. The van der Waals surface area contributed by atoms with E-state index in [2.05, 4.69) is 69.0 Å². The number of carbonyl (C=O) groups excluding carboxylic acids is 1. The zero-order valence-corrected chi connectivity index (χ0v) is 27.1. The van der Waals surface area contributed by atoms with Crippen molar-refractivity contribution >= 4 is 11.7 Å². The maximum absolute atomic E-state index is 14.3. The van der Waals surface area contributed by atoms with Crippen LogP contribution in [-0.2, 0) is 26.2 Å². The number of anilines is 1. The number of rotatable bonds is 7. The molecule has 1 aliphatic heterocycles. The van der Waals surface area contributed by atoms with Crippen molar-refractivity contribution in [3.63, 3.8) is 0 Å². The Morgan fingerprint density at radius 3 is 2.07 bits per heavy atom. The number of halogens is 1. The molecule has 0 spiro atoms. The Balaban J connectivity index is 1.74. The number of aromatic nitrogens is 1. The van der Waals surface area contributed by atoms with Crippen LogP contribution < -0.4 is 4.90 Å². The van der Waals surface area contributed by atoms with Crippen LogP contribution in [0.5, 0.6) is 0 Å². The van der Waals surface area contributed by atoms with Gasteiger partial charge in [-0.3, -0.25) is 4.98 Å². The highest BCUT2D eigenvalue weighted by Gasteiger charge is 2.41. The largest absolute Gasteiger partial charge is 0.467 e. The zero-order valence-electron chi connectivity index (χ0n) is 27.1. The van der Waals surface area contributed by atoms with E-state index in [0.717, 1.165) is 45.9 Å². The van der Waals surface area contributed by atoms with Crippen LogP contribution in [0.2, 0.25) is 0 Å². The van der Waals surface area contributed by atoms with Crippen LogP contribution in [0.25, 0.3) is 22.3 Å². The SMILES string of the molecule is COC(=O)C(OC(C)(C)C)c1c(C(C)C)nc2c(c1-c1ccc(F)cc1)CN(c1ccc(-c3ccccc3)cc1)CC2(C)C. The summed E-state index contributed by atoms with van der Waals surface area (Å²) in [5.41, 5.74) is 7.59. The molecule has 0 saturated heterocycles. The minimum Gasteiger partial charge on any atom is -0.467 e. The van der Waals surface area contributed by atoms with Crippen molar-refractivity contribution in [1.29, 1.82) is 0 Å². The van der Waals surface area contributed by atoms with E-state index in [4.69, 9.17) is 14.5 Å². The fourth-order valence-electron chi connectivity index (χ4n) is 6.18. The molecule has 0 aliphatic carbocycles. The summed E-state index contributed by atoms with van der Waals surface area (Å²) in [7, 11) is 1.38. The molecule has 230 valence electrons. The van der Waals surface area contributed by atoms with Gasteiger partial charge in [0.15, 0.2) is 6.10 Å². The van der Waals surface area contributed by atoms with Gasteiger partial charge in [0.2, 0.25) is 0 Å². The average molecular weight is 595 g/mol. The minimum atomic E-state index is -1.01. The maximum atomic E-state index is 14.3. The first kappa shape index (κ1) is 31.4. The van der Waals surface area contributed by atoms with Gasteiger partial charge in [0.25, 0.3) is 0 Å². The van der Waals surface area contributed by atoms with Gasteiger partial charge in [-0.15, -0.1) is 0 Å². The molecular weight excluding hydrogens is 551 g/mol. The number of ether oxygens (including phenoxy) is 2. The van der Waals surface area contributed by atoms with E-state index in [0.29, 0.717) is 12.1 Å². The number of carbonyl (C=O) groups is 1. The number of nitrogens with zero attached hydrogens (tertiary/aromatic N) is 2. The second kappa shape index (κ2) is 12.2. The second-order valence-corrected chi connectivity index (χ2v) is 13.6. The third-order valence-electron chi connectivity index (χ3n) is 8.11. The van der Waals surface area contributed by atoms with E-state index < -0.39 is 17.7 Å². The Hall–Kier alpha value is -4.03. The normalized spacial score (nSPS) is 15.2. The fourth-order valence-corrected chi connectivity index (χ4v) is 6.18. The van der Waals surface area contributed by atoms with Crippen LogP contribution in [0, 0.1) is 5.82 Å². The van der Waals surface area contributed by atoms with Gasteiger partial charge in [-0.05, 0) is 73.2 Å². The molecule has 1 aromatic heterocycles. The molecule has 4 aromatic rings. The van der Waals surface area contributed by atoms with Crippen LogP contribution in [0.15, 0.2) is 78.9 Å². The number of esters is 1. The predicted molar refractivity (Wildman–Crippen MR) is 175 cm³/mol. The molecule has 0 saturated carbocycles. The van der Waals surface area contributed by atoms with Gasteiger partial charge in [-0.1, -0.05) is 82.3 Å². The molecule has 0 bridgehead atoms. The number of hydrogen-bond donors (Lipinski definition) is 0. The highest BCUT2D eigenvalue weighted by molar-refractivity contribution is 5.84. The second-order valence-electron chi connectivity index (χ2n) is 13.6. The van der Waals surface area contributed by atoms with E-state index >= 15 is 0 Å². The van der Waals surface area contributed by atoms with Crippen molar-refractivity contribution in [3.8, 4) is 22.3 Å². The van der Waals surface area contributed by atoms with Crippen LogP contribution in [0.4, 0.5) is 10.1 Å². The molecule has 0 N–H and O–H groups in total. The summed E-state index contributed by atoms with van der Waals surface area (Å²) in [5.74, 6) is -0.821. The smallest absolute Gasteiger partial charge is 0.339 e. The number of pyridine rings is 1. The lowest BCUT2D eigenvalue weighted by Gasteiger charge is -2.43. The summed E-state index contributed by atoms with van der Waals surface area (Å²) >= 11 is 0. The van der Waals surface area contributed by atoms with Crippen LogP contribution >= 0.6 is 0 Å². The fraction of sp³-hybridized carbons (Fsp3) is 0.368. The molecule has 2 heterocycles. The summed E-state index contributed by atoms with van der Waals surface area (Å²) < 4.78 is 26.0. The third kappa shape index (κ3) is 6.41. The summed E-state index contributed by atoms with van der Waals surface area (Å²) in [6.45, 7) is 15.7. The maximum Gasteiger partial charge on any atom is 0.339 e. The standard InChI is InChI=1S/C38H43FN2O3/c1-24(2)33-32(34(36(42)43-8)44-37(3,4)5)31(27-14-18-28(39)19-15-27)30-22-41(23-38(6,7)35(30)40-33)29-20-16-26(17-21-29)25-12-10-9-11-13-25/h9-21,24,34H,22-23H2,1-8H3. The molecule has 5 rings (SSSR count). The molecule has 6 heteroatoms. The average Bonchev–Trinajstić information content (AvgIpc) is 2.99. The van der Waals surface area contributed by atoms with Gasteiger partial charge < -0.3 is 14.4 Å². The summed E-state index contributed by atoms with van der Waals surface area (Å²) in [5, 5.41) is 0. The van der Waals surface area contributed by atoms with Gasteiger partial charge in [-0.25, -0.2) is 9.18 Å². The van der Waals surface area contributed by atoms with Gasteiger partial charge in [0.1, 0.15) is 5.82 Å². The monoisotopic (exact) mass is 594 g/mol. The number of benzene rings is 3. The zero-order chi connectivity index (χ0) is 31.8. The van der Waals surface area contributed by atoms with E-state index in [1.54, 1.807) is 12.1 Å². The van der Waals surface area contributed by atoms with Crippen molar-refractivity contribution in [2.75, 3.05) is 18.6 Å². The molecule has 1 atom stereocenters. The van der Waals surface area contributed by atoms with Crippen LogP contribution in [0.3, 0.4) is 0 Å². The molecule has 3 aromatic carbocycles. The van der Waals surface area contributed by atoms with Crippen molar-refractivity contribution in [2.24, 2.45) is 0 Å². The predicted octanol–water partition coefficient (Wildman–Crippen LogP) is 9.01. The van der Waals surface area contributed by atoms with Gasteiger partial charge in [-0.2, -0.15) is 0 Å². The molecule has 5 nitrogen and oxygen atoms in total. The van der Waals surface area contributed by atoms with Crippen molar-refractivity contribution in [2.45, 2.75) is 78.0 Å². The molecule has 1 unspecified atom stereocenters. The highest BCUT2D eigenvalue weighted by atomic mass is 19.1. The lowest BCUT2D eigenvalue weighted by Crippen LogP contribution is -2.44. The molecule has 44 heavy (non-hydrogen) atoms.